The van der Waals surface area contributed by atoms with E-state index in [0.717, 1.165) is 48.9 Å². The predicted octanol–water partition coefficient (Wildman–Crippen LogP) is 2.77. The van der Waals surface area contributed by atoms with Gasteiger partial charge in [0.2, 0.25) is 0 Å². The number of hydrogen-bond acceptors (Lipinski definition) is 6. The van der Waals surface area contributed by atoms with Crippen LogP contribution < -0.4 is 4.90 Å². The highest BCUT2D eigenvalue weighted by molar-refractivity contribution is 5.49. The van der Waals surface area contributed by atoms with Crippen LogP contribution in [0.25, 0.3) is 5.69 Å². The van der Waals surface area contributed by atoms with E-state index in [-0.39, 0.29) is 6.04 Å². The fraction of sp³-hybridized carbons (Fsp3) is 0.409. The van der Waals surface area contributed by atoms with Crippen molar-refractivity contribution < 1.29 is 4.74 Å². The molecule has 1 aliphatic heterocycles. The lowest BCUT2D eigenvalue weighted by atomic mass is 10.0. The minimum Gasteiger partial charge on any atom is -0.379 e. The largest absolute Gasteiger partial charge is 0.379 e. The van der Waals surface area contributed by atoms with Gasteiger partial charge in [0.25, 0.3) is 0 Å². The fourth-order valence-corrected chi connectivity index (χ4v) is 3.98. The van der Waals surface area contributed by atoms with Gasteiger partial charge in [0.1, 0.15) is 0 Å². The van der Waals surface area contributed by atoms with Crippen molar-refractivity contribution >= 4 is 5.69 Å². The predicted molar refractivity (Wildman–Crippen MR) is 114 cm³/mol. The summed E-state index contributed by atoms with van der Waals surface area (Å²) in [7, 11) is 4.10. The number of rotatable bonds is 5. The van der Waals surface area contributed by atoms with Crippen LogP contribution in [0.3, 0.4) is 0 Å². The Morgan fingerprint density at radius 1 is 0.966 bits per heavy atom. The number of nitrogens with zero attached hydrogens (tertiary/aromatic N) is 6. The molecular formula is C22H28N6O. The first-order valence-corrected chi connectivity index (χ1v) is 10.00. The van der Waals surface area contributed by atoms with Gasteiger partial charge in [0, 0.05) is 32.9 Å². The van der Waals surface area contributed by atoms with Crippen molar-refractivity contribution in [1.29, 1.82) is 0 Å². The van der Waals surface area contributed by atoms with Gasteiger partial charge < -0.3 is 9.64 Å². The van der Waals surface area contributed by atoms with Gasteiger partial charge in [-0.05, 0) is 53.1 Å². The molecule has 3 aromatic rings. The van der Waals surface area contributed by atoms with Crippen LogP contribution in [0.5, 0.6) is 0 Å². The van der Waals surface area contributed by atoms with Crippen LogP contribution in [0.1, 0.15) is 28.6 Å². The summed E-state index contributed by atoms with van der Waals surface area (Å²) in [6.45, 7) is 7.33. The van der Waals surface area contributed by atoms with Crippen molar-refractivity contribution in [3.8, 4) is 5.69 Å². The third kappa shape index (κ3) is 3.88. The second-order valence-corrected chi connectivity index (χ2v) is 7.73. The Morgan fingerprint density at radius 2 is 1.62 bits per heavy atom. The lowest BCUT2D eigenvalue weighted by Crippen LogP contribution is -2.40. The van der Waals surface area contributed by atoms with Gasteiger partial charge in [-0.3, -0.25) is 4.90 Å². The van der Waals surface area contributed by atoms with E-state index < -0.39 is 0 Å². The molecule has 0 amide bonds. The zero-order chi connectivity index (χ0) is 20.4. The Labute approximate surface area is 171 Å². The van der Waals surface area contributed by atoms with Crippen molar-refractivity contribution in [1.82, 2.24) is 25.1 Å². The number of anilines is 1. The van der Waals surface area contributed by atoms with E-state index >= 15 is 0 Å². The summed E-state index contributed by atoms with van der Waals surface area (Å²) in [5.74, 6) is 0.835. The maximum atomic E-state index is 5.60. The number of ether oxygens (including phenoxy) is 1. The number of tetrazole rings is 1. The van der Waals surface area contributed by atoms with Crippen LogP contribution in [0, 0.1) is 13.8 Å². The molecule has 1 aromatic heterocycles. The van der Waals surface area contributed by atoms with E-state index in [2.05, 4.69) is 95.7 Å². The number of aromatic nitrogens is 4. The molecule has 29 heavy (non-hydrogen) atoms. The summed E-state index contributed by atoms with van der Waals surface area (Å²) >= 11 is 0. The molecule has 0 unspecified atom stereocenters. The number of morpholine rings is 1. The third-order valence-electron chi connectivity index (χ3n) is 5.53. The van der Waals surface area contributed by atoms with Crippen molar-refractivity contribution in [2.24, 2.45) is 0 Å². The summed E-state index contributed by atoms with van der Waals surface area (Å²) in [6, 6.07) is 14.9. The second-order valence-electron chi connectivity index (χ2n) is 7.73. The molecule has 1 aliphatic rings. The Balaban J connectivity index is 1.82. The first kappa shape index (κ1) is 19.5. The maximum absolute atomic E-state index is 5.60. The van der Waals surface area contributed by atoms with Crippen molar-refractivity contribution in [3.63, 3.8) is 0 Å². The minimum absolute atomic E-state index is 0.0379. The quantitative estimate of drug-likeness (QED) is 0.665. The highest BCUT2D eigenvalue weighted by Gasteiger charge is 2.30. The number of benzene rings is 2. The zero-order valence-electron chi connectivity index (χ0n) is 17.5. The summed E-state index contributed by atoms with van der Waals surface area (Å²) in [5.41, 5.74) is 5.71. The highest BCUT2D eigenvalue weighted by Crippen LogP contribution is 2.31. The average molecular weight is 393 g/mol. The average Bonchev–Trinajstić information content (AvgIpc) is 3.18. The summed E-state index contributed by atoms with van der Waals surface area (Å²) in [6.07, 6.45) is 0. The van der Waals surface area contributed by atoms with E-state index in [4.69, 9.17) is 4.74 Å². The minimum atomic E-state index is -0.0379. The van der Waals surface area contributed by atoms with Crippen LogP contribution in [-0.4, -0.2) is 65.5 Å². The molecule has 4 rings (SSSR count). The van der Waals surface area contributed by atoms with Crippen molar-refractivity contribution in [2.45, 2.75) is 19.9 Å². The lowest BCUT2D eigenvalue weighted by Gasteiger charge is -2.34. The molecule has 0 aliphatic carbocycles. The number of hydrogen-bond donors (Lipinski definition) is 0. The lowest BCUT2D eigenvalue weighted by molar-refractivity contribution is 0.0220. The van der Waals surface area contributed by atoms with Crippen LogP contribution in [0.4, 0.5) is 5.69 Å². The standard InChI is InChI=1S/C22H28N6O/c1-16-6-5-7-17(2)20(16)28-22(23-24-25-28)21(27-12-14-29-15-13-27)18-8-10-19(11-9-18)26(3)4/h5-11,21H,12-15H2,1-4H3/t21-/m0/s1. The molecule has 2 aromatic carbocycles. The first-order valence-electron chi connectivity index (χ1n) is 10.00. The Kier molecular flexibility index (Phi) is 5.60. The van der Waals surface area contributed by atoms with Gasteiger partial charge in [0.15, 0.2) is 5.82 Å². The molecule has 7 nitrogen and oxygen atoms in total. The van der Waals surface area contributed by atoms with E-state index in [1.165, 1.54) is 11.3 Å². The normalized spacial score (nSPS) is 16.0. The Bertz CT molecular complexity index is 939. The topological polar surface area (TPSA) is 59.3 Å². The van der Waals surface area contributed by atoms with E-state index in [1.807, 2.05) is 4.68 Å². The maximum Gasteiger partial charge on any atom is 0.178 e. The van der Waals surface area contributed by atoms with Gasteiger partial charge in [-0.2, -0.15) is 4.68 Å². The molecule has 0 saturated carbocycles. The monoisotopic (exact) mass is 392 g/mol. The van der Waals surface area contributed by atoms with Crippen molar-refractivity contribution in [3.05, 3.63) is 65.0 Å². The summed E-state index contributed by atoms with van der Waals surface area (Å²) < 4.78 is 7.51. The van der Waals surface area contributed by atoms with Crippen molar-refractivity contribution in [2.75, 3.05) is 45.3 Å². The van der Waals surface area contributed by atoms with Gasteiger partial charge >= 0.3 is 0 Å². The third-order valence-corrected chi connectivity index (χ3v) is 5.53. The van der Waals surface area contributed by atoms with Crippen LogP contribution in [-0.2, 0) is 4.74 Å². The molecular weight excluding hydrogens is 364 g/mol. The van der Waals surface area contributed by atoms with Gasteiger partial charge in [-0.15, -0.1) is 5.10 Å². The summed E-state index contributed by atoms with van der Waals surface area (Å²) in [5, 5.41) is 12.9. The first-order chi connectivity index (χ1) is 14.1. The molecule has 1 atom stereocenters. The summed E-state index contributed by atoms with van der Waals surface area (Å²) in [4.78, 5) is 4.51. The Hall–Kier alpha value is -2.77. The van der Waals surface area contributed by atoms with Crippen LogP contribution in [0.2, 0.25) is 0 Å². The van der Waals surface area contributed by atoms with E-state index in [1.54, 1.807) is 0 Å². The Morgan fingerprint density at radius 3 is 2.24 bits per heavy atom. The molecule has 1 fully saturated rings. The SMILES string of the molecule is Cc1cccc(C)c1-n1nnnc1[C@H](c1ccc(N(C)C)cc1)N1CCOCC1. The number of aryl methyl sites for hydroxylation is 2. The highest BCUT2D eigenvalue weighted by atomic mass is 16.5. The molecule has 0 N–H and O–H groups in total. The molecule has 0 radical (unpaired) electrons. The zero-order valence-corrected chi connectivity index (χ0v) is 17.5. The molecule has 2 heterocycles. The van der Waals surface area contributed by atoms with Gasteiger partial charge in [0.05, 0.1) is 24.9 Å². The molecule has 7 heteroatoms. The van der Waals surface area contributed by atoms with Crippen LogP contribution >= 0.6 is 0 Å². The molecule has 152 valence electrons. The number of para-hydroxylation sites is 1. The van der Waals surface area contributed by atoms with E-state index in [9.17, 15) is 0 Å². The van der Waals surface area contributed by atoms with Crippen LogP contribution in [0.15, 0.2) is 42.5 Å². The van der Waals surface area contributed by atoms with Gasteiger partial charge in [-0.1, -0.05) is 30.3 Å². The van der Waals surface area contributed by atoms with E-state index in [0.29, 0.717) is 0 Å². The van der Waals surface area contributed by atoms with Gasteiger partial charge in [-0.25, -0.2) is 0 Å². The molecule has 0 bridgehead atoms. The molecule has 0 spiro atoms. The smallest absolute Gasteiger partial charge is 0.178 e. The fourth-order valence-electron chi connectivity index (χ4n) is 3.98. The second kappa shape index (κ2) is 8.31. The molecule has 1 saturated heterocycles.